The Balaban J connectivity index is 3.34. The van der Waals surface area contributed by atoms with Crippen molar-refractivity contribution < 1.29 is 14.8 Å². The van der Waals surface area contributed by atoms with Crippen LogP contribution in [0.3, 0.4) is 0 Å². The van der Waals surface area contributed by atoms with Gasteiger partial charge in [-0.25, -0.2) is 0 Å². The van der Waals surface area contributed by atoms with Crippen molar-refractivity contribution in [3.63, 3.8) is 0 Å². The number of phenolic OH excluding ortho intramolecular Hbond substituents is 1. The zero-order valence-corrected chi connectivity index (χ0v) is 8.71. The van der Waals surface area contributed by atoms with Crippen LogP contribution in [0.1, 0.15) is 18.1 Å². The van der Waals surface area contributed by atoms with Crippen molar-refractivity contribution in [2.24, 2.45) is 0 Å². The van der Waals surface area contributed by atoms with Crippen LogP contribution in [0.25, 0.3) is 6.08 Å². The van der Waals surface area contributed by atoms with E-state index in [1.807, 2.05) is 0 Å². The van der Waals surface area contributed by atoms with Crippen molar-refractivity contribution >= 4 is 18.0 Å². The summed E-state index contributed by atoms with van der Waals surface area (Å²) in [5, 5.41) is 20.4. The number of carbonyl (C=O) groups excluding carboxylic acids is 1. The maximum absolute atomic E-state index is 10.6. The van der Waals surface area contributed by atoms with Gasteiger partial charge >= 0.3 is 0 Å². The Hall–Kier alpha value is -2.17. The summed E-state index contributed by atoms with van der Waals surface area (Å²) in [6.07, 6.45) is 3.55. The molecule has 0 heterocycles. The van der Waals surface area contributed by atoms with E-state index >= 15 is 0 Å². The van der Waals surface area contributed by atoms with E-state index in [4.69, 9.17) is 0 Å². The molecular weight excluding hydrogens is 210 g/mol. The van der Waals surface area contributed by atoms with Crippen LogP contribution in [0, 0.1) is 10.1 Å². The fourth-order valence-corrected chi connectivity index (χ4v) is 1.35. The molecule has 0 spiro atoms. The Kier molecular flexibility index (Phi) is 3.77. The molecule has 0 radical (unpaired) electrons. The molecule has 0 amide bonds. The SMILES string of the molecule is CCc1cc([N+](=O)[O-])cc(/C=C/C=O)c1O. The molecule has 5 nitrogen and oxygen atoms in total. The van der Waals surface area contributed by atoms with Crippen LogP contribution in [0.2, 0.25) is 0 Å². The minimum absolute atomic E-state index is 0.0220. The number of aryl methyl sites for hydroxylation is 1. The monoisotopic (exact) mass is 221 g/mol. The van der Waals surface area contributed by atoms with Crippen LogP contribution >= 0.6 is 0 Å². The van der Waals surface area contributed by atoms with E-state index < -0.39 is 4.92 Å². The predicted molar refractivity (Wildman–Crippen MR) is 59.2 cm³/mol. The number of aromatic hydroxyl groups is 1. The second kappa shape index (κ2) is 5.06. The fourth-order valence-electron chi connectivity index (χ4n) is 1.35. The molecule has 1 N–H and O–H groups in total. The van der Waals surface area contributed by atoms with E-state index in [1.165, 1.54) is 24.3 Å². The summed E-state index contributed by atoms with van der Waals surface area (Å²) < 4.78 is 0. The number of nitro benzene ring substituents is 1. The molecule has 1 aromatic carbocycles. The molecule has 0 unspecified atom stereocenters. The third kappa shape index (κ3) is 2.44. The molecule has 0 saturated carbocycles. The molecule has 0 atom stereocenters. The van der Waals surface area contributed by atoms with E-state index in [2.05, 4.69) is 0 Å². The molecule has 0 bridgehead atoms. The molecule has 0 fully saturated rings. The molecule has 0 aliphatic carbocycles. The minimum Gasteiger partial charge on any atom is -0.507 e. The van der Waals surface area contributed by atoms with Crippen LogP contribution in [-0.2, 0) is 11.2 Å². The average Bonchev–Trinajstić information content (AvgIpc) is 2.27. The second-order valence-electron chi connectivity index (χ2n) is 3.15. The first-order chi connectivity index (χ1) is 7.60. The highest BCUT2D eigenvalue weighted by Gasteiger charge is 2.13. The van der Waals surface area contributed by atoms with Gasteiger partial charge < -0.3 is 5.11 Å². The number of benzene rings is 1. The maximum atomic E-state index is 10.6. The largest absolute Gasteiger partial charge is 0.507 e. The van der Waals surface area contributed by atoms with Crippen molar-refractivity contribution in [1.29, 1.82) is 0 Å². The highest BCUT2D eigenvalue weighted by molar-refractivity contribution is 5.76. The lowest BCUT2D eigenvalue weighted by molar-refractivity contribution is -0.385. The van der Waals surface area contributed by atoms with Crippen LogP contribution in [0.4, 0.5) is 5.69 Å². The van der Waals surface area contributed by atoms with Gasteiger partial charge in [-0.1, -0.05) is 6.92 Å². The number of phenols is 1. The first kappa shape index (κ1) is 11.9. The van der Waals surface area contributed by atoms with Crippen molar-refractivity contribution in [3.8, 4) is 5.75 Å². The maximum Gasteiger partial charge on any atom is 0.270 e. The van der Waals surface area contributed by atoms with Crippen molar-refractivity contribution in [2.75, 3.05) is 0 Å². The molecule has 1 rings (SSSR count). The number of allylic oxidation sites excluding steroid dienone is 1. The van der Waals surface area contributed by atoms with E-state index in [0.29, 0.717) is 18.3 Å². The third-order valence-electron chi connectivity index (χ3n) is 2.15. The van der Waals surface area contributed by atoms with Crippen LogP contribution in [0.5, 0.6) is 5.75 Å². The quantitative estimate of drug-likeness (QED) is 0.365. The number of non-ortho nitro benzene ring substituents is 1. The van der Waals surface area contributed by atoms with E-state index in [0.717, 1.165) is 0 Å². The Morgan fingerprint density at radius 3 is 2.69 bits per heavy atom. The van der Waals surface area contributed by atoms with E-state index in [9.17, 15) is 20.0 Å². The lowest BCUT2D eigenvalue weighted by Crippen LogP contribution is -1.93. The zero-order chi connectivity index (χ0) is 12.1. The number of nitrogens with zero attached hydrogens (tertiary/aromatic N) is 1. The van der Waals surface area contributed by atoms with Gasteiger partial charge in [0.05, 0.1) is 4.92 Å². The number of aldehydes is 1. The number of carbonyl (C=O) groups is 1. The Morgan fingerprint density at radius 1 is 1.50 bits per heavy atom. The molecule has 0 saturated heterocycles. The highest BCUT2D eigenvalue weighted by atomic mass is 16.6. The predicted octanol–water partition coefficient (Wildman–Crippen LogP) is 2.07. The molecule has 0 aliphatic heterocycles. The smallest absolute Gasteiger partial charge is 0.270 e. The normalized spacial score (nSPS) is 10.6. The summed E-state index contributed by atoms with van der Waals surface area (Å²) in [5.74, 6) is -0.0220. The number of rotatable bonds is 4. The van der Waals surface area contributed by atoms with Crippen LogP contribution in [-0.4, -0.2) is 16.3 Å². The summed E-state index contributed by atoms with van der Waals surface area (Å²) >= 11 is 0. The van der Waals surface area contributed by atoms with Gasteiger partial charge in [0, 0.05) is 23.3 Å². The fraction of sp³-hybridized carbons (Fsp3) is 0.182. The van der Waals surface area contributed by atoms with Gasteiger partial charge in [-0.3, -0.25) is 14.9 Å². The van der Waals surface area contributed by atoms with Gasteiger partial charge in [-0.15, -0.1) is 0 Å². The lowest BCUT2D eigenvalue weighted by Gasteiger charge is -2.05. The van der Waals surface area contributed by atoms with Crippen molar-refractivity contribution in [2.45, 2.75) is 13.3 Å². The standard InChI is InChI=1S/C11H11NO4/c1-2-8-6-10(12(15)16)7-9(11(8)14)4-3-5-13/h3-7,14H,2H2,1H3/b4-3+. The van der Waals surface area contributed by atoms with Gasteiger partial charge in [-0.05, 0) is 18.6 Å². The number of hydrogen-bond donors (Lipinski definition) is 1. The summed E-state index contributed by atoms with van der Waals surface area (Å²) in [4.78, 5) is 20.3. The molecule has 5 heteroatoms. The van der Waals surface area contributed by atoms with Crippen LogP contribution in [0.15, 0.2) is 18.2 Å². The first-order valence-electron chi connectivity index (χ1n) is 4.72. The molecular formula is C11H11NO4. The van der Waals surface area contributed by atoms with Gasteiger partial charge in [0.2, 0.25) is 0 Å². The molecule has 0 aromatic heterocycles. The summed E-state index contributed by atoms with van der Waals surface area (Å²) in [6.45, 7) is 1.78. The number of nitro groups is 1. The van der Waals surface area contributed by atoms with Gasteiger partial charge in [0.15, 0.2) is 0 Å². The minimum atomic E-state index is -0.531. The average molecular weight is 221 g/mol. The van der Waals surface area contributed by atoms with Crippen LogP contribution < -0.4 is 0 Å². The van der Waals surface area contributed by atoms with Crippen molar-refractivity contribution in [3.05, 3.63) is 39.4 Å². The summed E-state index contributed by atoms with van der Waals surface area (Å²) in [7, 11) is 0. The molecule has 16 heavy (non-hydrogen) atoms. The second-order valence-corrected chi connectivity index (χ2v) is 3.15. The van der Waals surface area contributed by atoms with E-state index in [-0.39, 0.29) is 17.0 Å². The zero-order valence-electron chi connectivity index (χ0n) is 8.71. The van der Waals surface area contributed by atoms with Gasteiger partial charge in [0.1, 0.15) is 12.0 Å². The Bertz CT molecular complexity index is 452. The Labute approximate surface area is 92.2 Å². The first-order valence-corrected chi connectivity index (χ1v) is 4.72. The lowest BCUT2D eigenvalue weighted by atomic mass is 10.0. The molecule has 84 valence electrons. The van der Waals surface area contributed by atoms with E-state index in [1.54, 1.807) is 6.92 Å². The number of hydrogen-bond acceptors (Lipinski definition) is 4. The topological polar surface area (TPSA) is 80.4 Å². The summed E-state index contributed by atoms with van der Waals surface area (Å²) in [5.41, 5.74) is 0.665. The molecule has 0 aliphatic rings. The van der Waals surface area contributed by atoms with Gasteiger partial charge in [0.25, 0.3) is 5.69 Å². The Morgan fingerprint density at radius 2 is 2.19 bits per heavy atom. The third-order valence-corrected chi connectivity index (χ3v) is 2.15. The van der Waals surface area contributed by atoms with Crippen molar-refractivity contribution in [1.82, 2.24) is 0 Å². The highest BCUT2D eigenvalue weighted by Crippen LogP contribution is 2.29. The summed E-state index contributed by atoms with van der Waals surface area (Å²) in [6, 6.07) is 2.56. The van der Waals surface area contributed by atoms with Gasteiger partial charge in [-0.2, -0.15) is 0 Å². The molecule has 1 aromatic rings.